The number of imidazole rings is 1. The number of aromatic nitrogens is 4. The molecule has 5 nitrogen and oxygen atoms in total. The van der Waals surface area contributed by atoms with Gasteiger partial charge in [0, 0.05) is 43.2 Å². The van der Waals surface area contributed by atoms with E-state index in [0.717, 1.165) is 17.5 Å². The number of aryl methyl sites for hydroxylation is 1. The van der Waals surface area contributed by atoms with E-state index in [-0.39, 0.29) is 0 Å². The molecule has 0 atom stereocenters. The highest BCUT2D eigenvalue weighted by Gasteiger charge is 2.15. The first-order valence-electron chi connectivity index (χ1n) is 7.17. The second-order valence-electron chi connectivity index (χ2n) is 5.52. The van der Waals surface area contributed by atoms with Crippen LogP contribution in [0.15, 0.2) is 36.8 Å². The van der Waals surface area contributed by atoms with Gasteiger partial charge in [-0.25, -0.2) is 13.8 Å². The molecule has 0 aliphatic heterocycles. The summed E-state index contributed by atoms with van der Waals surface area (Å²) in [5.41, 5.74) is 1.71. The van der Waals surface area contributed by atoms with Gasteiger partial charge in [-0.2, -0.15) is 5.10 Å². The Kier molecular flexibility index (Phi) is 4.20. The van der Waals surface area contributed by atoms with Gasteiger partial charge < -0.3 is 4.57 Å². The van der Waals surface area contributed by atoms with Crippen LogP contribution in [0.1, 0.15) is 11.4 Å². The fraction of sp³-hybridized carbons (Fsp3) is 0.250. The molecule has 0 bridgehead atoms. The molecule has 0 aliphatic carbocycles. The Morgan fingerprint density at radius 3 is 2.78 bits per heavy atom. The summed E-state index contributed by atoms with van der Waals surface area (Å²) in [5, 5.41) is 6.79. The van der Waals surface area contributed by atoms with Crippen LogP contribution in [0, 0.1) is 11.6 Å². The monoisotopic (exact) mass is 317 g/mol. The topological polar surface area (TPSA) is 49.7 Å². The molecule has 0 spiro atoms. The zero-order chi connectivity index (χ0) is 16.4. The van der Waals surface area contributed by atoms with Crippen molar-refractivity contribution >= 4 is 0 Å². The molecule has 0 unspecified atom stereocenters. The van der Waals surface area contributed by atoms with Crippen molar-refractivity contribution < 1.29 is 8.78 Å². The molecule has 7 heteroatoms. The number of rotatable bonds is 5. The van der Waals surface area contributed by atoms with E-state index >= 15 is 0 Å². The average molecular weight is 317 g/mol. The SMILES string of the molecule is CN(Cc1cn[nH]c1-c1ccc(F)cc1F)Cc1nccn1C. The lowest BCUT2D eigenvalue weighted by atomic mass is 10.1. The number of nitrogens with zero attached hydrogens (tertiary/aromatic N) is 4. The normalized spacial score (nSPS) is 11.3. The first-order valence-corrected chi connectivity index (χ1v) is 7.17. The predicted octanol–water partition coefficient (Wildman–Crippen LogP) is 2.72. The van der Waals surface area contributed by atoms with Crippen molar-refractivity contribution in [2.45, 2.75) is 13.1 Å². The third-order valence-corrected chi connectivity index (χ3v) is 3.69. The molecule has 0 amide bonds. The maximum atomic E-state index is 14.0. The Morgan fingerprint density at radius 1 is 1.26 bits per heavy atom. The van der Waals surface area contributed by atoms with E-state index in [2.05, 4.69) is 20.1 Å². The van der Waals surface area contributed by atoms with Crippen molar-refractivity contribution in [1.29, 1.82) is 0 Å². The summed E-state index contributed by atoms with van der Waals surface area (Å²) in [6, 6.07) is 3.53. The quantitative estimate of drug-likeness (QED) is 0.787. The molecular formula is C16H17F2N5. The minimum Gasteiger partial charge on any atom is -0.337 e. The summed E-state index contributed by atoms with van der Waals surface area (Å²) in [4.78, 5) is 6.34. The van der Waals surface area contributed by atoms with Crippen LogP contribution in [0.3, 0.4) is 0 Å². The van der Waals surface area contributed by atoms with Crippen molar-refractivity contribution in [3.05, 3.63) is 59.8 Å². The summed E-state index contributed by atoms with van der Waals surface area (Å²) in [5.74, 6) is -0.271. The van der Waals surface area contributed by atoms with E-state index in [1.54, 1.807) is 12.4 Å². The Bertz CT molecular complexity index is 808. The van der Waals surface area contributed by atoms with Gasteiger partial charge in [0.2, 0.25) is 0 Å². The zero-order valence-electron chi connectivity index (χ0n) is 12.9. The van der Waals surface area contributed by atoms with Gasteiger partial charge in [0.1, 0.15) is 17.5 Å². The van der Waals surface area contributed by atoms with E-state index in [0.29, 0.717) is 24.3 Å². The Labute approximate surface area is 132 Å². The fourth-order valence-corrected chi connectivity index (χ4v) is 2.49. The molecular weight excluding hydrogens is 300 g/mol. The van der Waals surface area contributed by atoms with E-state index in [1.165, 1.54) is 12.1 Å². The van der Waals surface area contributed by atoms with Crippen LogP contribution in [0.25, 0.3) is 11.3 Å². The number of benzene rings is 1. The van der Waals surface area contributed by atoms with Crippen LogP contribution in [0.2, 0.25) is 0 Å². The molecule has 1 N–H and O–H groups in total. The second-order valence-corrected chi connectivity index (χ2v) is 5.52. The molecule has 120 valence electrons. The summed E-state index contributed by atoms with van der Waals surface area (Å²) >= 11 is 0. The Balaban J connectivity index is 1.79. The first kappa shape index (κ1) is 15.4. The van der Waals surface area contributed by atoms with Gasteiger partial charge in [-0.05, 0) is 19.2 Å². The number of aromatic amines is 1. The maximum Gasteiger partial charge on any atom is 0.135 e. The summed E-state index contributed by atoms with van der Waals surface area (Å²) < 4.78 is 29.0. The van der Waals surface area contributed by atoms with E-state index in [9.17, 15) is 8.78 Å². The predicted molar refractivity (Wildman–Crippen MR) is 82.3 cm³/mol. The van der Waals surface area contributed by atoms with E-state index in [1.807, 2.05) is 24.9 Å². The zero-order valence-corrected chi connectivity index (χ0v) is 12.9. The van der Waals surface area contributed by atoms with Crippen LogP contribution in [-0.4, -0.2) is 31.7 Å². The minimum atomic E-state index is -0.609. The number of H-pyrrole nitrogens is 1. The van der Waals surface area contributed by atoms with Gasteiger partial charge in [-0.1, -0.05) is 0 Å². The van der Waals surface area contributed by atoms with Gasteiger partial charge in [-0.15, -0.1) is 0 Å². The van der Waals surface area contributed by atoms with Crippen molar-refractivity contribution in [3.8, 4) is 11.3 Å². The Morgan fingerprint density at radius 2 is 2.09 bits per heavy atom. The van der Waals surface area contributed by atoms with Crippen molar-refractivity contribution in [1.82, 2.24) is 24.6 Å². The van der Waals surface area contributed by atoms with E-state index < -0.39 is 11.6 Å². The number of nitrogens with one attached hydrogen (secondary N) is 1. The van der Waals surface area contributed by atoms with Gasteiger partial charge in [0.25, 0.3) is 0 Å². The molecule has 0 fully saturated rings. The Hall–Kier alpha value is -2.54. The van der Waals surface area contributed by atoms with Crippen LogP contribution >= 0.6 is 0 Å². The molecule has 0 aliphatic rings. The third kappa shape index (κ3) is 3.29. The molecule has 0 radical (unpaired) electrons. The van der Waals surface area contributed by atoms with Gasteiger partial charge in [-0.3, -0.25) is 10.00 Å². The minimum absolute atomic E-state index is 0.310. The number of halogens is 2. The smallest absolute Gasteiger partial charge is 0.135 e. The highest BCUT2D eigenvalue weighted by molar-refractivity contribution is 5.63. The van der Waals surface area contributed by atoms with Crippen LogP contribution in [0.5, 0.6) is 0 Å². The van der Waals surface area contributed by atoms with Crippen molar-refractivity contribution in [3.63, 3.8) is 0 Å². The van der Waals surface area contributed by atoms with Gasteiger partial charge >= 0.3 is 0 Å². The second kappa shape index (κ2) is 6.29. The molecule has 1 aromatic carbocycles. The average Bonchev–Trinajstić information content (AvgIpc) is 3.09. The van der Waals surface area contributed by atoms with Crippen molar-refractivity contribution in [2.24, 2.45) is 7.05 Å². The lowest BCUT2D eigenvalue weighted by molar-refractivity contribution is 0.307. The highest BCUT2D eigenvalue weighted by atomic mass is 19.1. The molecule has 2 heterocycles. The standard InChI is InChI=1S/C16H17F2N5/c1-22(10-15-19-5-6-23(15)2)9-11-8-20-21-16(11)13-4-3-12(17)7-14(13)18/h3-8H,9-10H2,1-2H3,(H,20,21). The highest BCUT2D eigenvalue weighted by Crippen LogP contribution is 2.25. The number of hydrogen-bond donors (Lipinski definition) is 1. The largest absolute Gasteiger partial charge is 0.337 e. The summed E-state index contributed by atoms with van der Waals surface area (Å²) in [7, 11) is 3.89. The molecule has 23 heavy (non-hydrogen) atoms. The molecule has 0 saturated heterocycles. The summed E-state index contributed by atoms with van der Waals surface area (Å²) in [6.45, 7) is 1.22. The molecule has 3 aromatic rings. The van der Waals surface area contributed by atoms with Gasteiger partial charge in [0.15, 0.2) is 0 Å². The molecule has 3 rings (SSSR count). The van der Waals surface area contributed by atoms with Crippen LogP contribution in [0.4, 0.5) is 8.78 Å². The maximum absolute atomic E-state index is 14.0. The van der Waals surface area contributed by atoms with Crippen molar-refractivity contribution in [2.75, 3.05) is 7.05 Å². The summed E-state index contributed by atoms with van der Waals surface area (Å²) in [6.07, 6.45) is 5.30. The molecule has 0 saturated carbocycles. The van der Waals surface area contributed by atoms with Gasteiger partial charge in [0.05, 0.1) is 18.4 Å². The van der Waals surface area contributed by atoms with Crippen LogP contribution in [-0.2, 0) is 20.1 Å². The lowest BCUT2D eigenvalue weighted by Gasteiger charge is -2.16. The van der Waals surface area contributed by atoms with E-state index in [4.69, 9.17) is 0 Å². The first-order chi connectivity index (χ1) is 11.0. The number of hydrogen-bond acceptors (Lipinski definition) is 3. The molecule has 2 aromatic heterocycles. The third-order valence-electron chi connectivity index (χ3n) is 3.69. The van der Waals surface area contributed by atoms with Crippen LogP contribution < -0.4 is 0 Å². The fourth-order valence-electron chi connectivity index (χ4n) is 2.49. The lowest BCUT2D eigenvalue weighted by Crippen LogP contribution is -2.19.